The molecule has 0 saturated heterocycles. The van der Waals surface area contributed by atoms with E-state index < -0.39 is 26.5 Å². The third-order valence-corrected chi connectivity index (χ3v) is 21.4. The zero-order valence-electron chi connectivity index (χ0n) is 69.8. The zero-order valence-corrected chi connectivity index (χ0v) is 70.7. The van der Waals surface area contributed by atoms with Gasteiger partial charge in [0.05, 0.1) is 27.7 Å². The van der Waals surface area contributed by atoms with E-state index >= 15 is 0 Å². The van der Waals surface area contributed by atoms with E-state index in [2.05, 4.69) is 98.9 Å². The van der Waals surface area contributed by atoms with Gasteiger partial charge < -0.3 is 18.9 Å². The first-order chi connectivity index (χ1) is 51.0. The van der Waals surface area contributed by atoms with Gasteiger partial charge in [-0.2, -0.15) is 0 Å². The van der Waals surface area contributed by atoms with Crippen molar-refractivity contribution in [2.45, 2.75) is 457 Å². The van der Waals surface area contributed by atoms with E-state index in [1.807, 2.05) is 21.1 Å². The van der Waals surface area contributed by atoms with Gasteiger partial charge in [-0.1, -0.05) is 452 Å². The summed E-state index contributed by atoms with van der Waals surface area (Å²) in [6.45, 7) is 4.40. The number of nitrogens with zero attached hydrogens (tertiary/aromatic N) is 1. The highest BCUT2D eigenvalue weighted by Crippen LogP contribution is 2.43. The summed E-state index contributed by atoms with van der Waals surface area (Å²) < 4.78 is 34.9. The standard InChI is InChI=1S/C94H174NO8P/c1-6-8-10-12-14-16-18-20-22-24-26-28-30-32-34-36-38-40-42-44-46-47-49-51-53-55-57-59-61-63-65-67-69-71-73-75-77-79-81-83-85-87-94(97)103-92(91-102-104(98,99)101-89-88-95(3,4)5)90-100-93(96)86-84-82-80-78-76-74-72-70-68-66-64-62-60-58-56-54-52-50-48-45-43-41-39-37-35-33-31-29-27-25-23-21-19-17-15-13-11-9-7-2/h8,10,14,16,20,22,26,28,32,34,38,40,44,46,92H,6-7,9,11-13,15,17-19,21,23-25,27,29-31,33,35-37,39,41-43,45,47-91H2,1-5H3/p+1/b10-8-,16-14-,22-20-,28-26-,34-32-,40-38-,46-44-. The van der Waals surface area contributed by atoms with E-state index in [0.717, 1.165) is 77.0 Å². The molecule has 0 fully saturated rings. The van der Waals surface area contributed by atoms with Crippen LogP contribution in [0.25, 0.3) is 0 Å². The predicted octanol–water partition coefficient (Wildman–Crippen LogP) is 30.7. The van der Waals surface area contributed by atoms with Crippen LogP contribution in [0, 0.1) is 0 Å². The van der Waals surface area contributed by atoms with Gasteiger partial charge >= 0.3 is 19.8 Å². The lowest BCUT2D eigenvalue weighted by Crippen LogP contribution is -2.37. The summed E-state index contributed by atoms with van der Waals surface area (Å²) in [5, 5.41) is 0. The Morgan fingerprint density at radius 1 is 0.308 bits per heavy atom. The molecule has 2 atom stereocenters. The number of hydrogen-bond acceptors (Lipinski definition) is 7. The molecule has 104 heavy (non-hydrogen) atoms. The van der Waals surface area contributed by atoms with Crippen molar-refractivity contribution in [3.63, 3.8) is 0 Å². The number of rotatable bonds is 85. The van der Waals surface area contributed by atoms with Crippen LogP contribution in [-0.4, -0.2) is 74.9 Å². The zero-order chi connectivity index (χ0) is 75.4. The predicted molar refractivity (Wildman–Crippen MR) is 455 cm³/mol. The van der Waals surface area contributed by atoms with Gasteiger partial charge in [0.1, 0.15) is 19.8 Å². The molecule has 0 aliphatic rings. The van der Waals surface area contributed by atoms with Gasteiger partial charge in [0.25, 0.3) is 0 Å². The van der Waals surface area contributed by atoms with Crippen LogP contribution >= 0.6 is 7.82 Å². The van der Waals surface area contributed by atoms with E-state index in [1.54, 1.807) is 0 Å². The SMILES string of the molecule is CC/C=C\C/C=C\C/C=C\C/C=C\C/C=C\C/C=C\C/C=C\CCCCCCCCCCCCCCCCCCCCCC(=O)OC(COC(=O)CCCCCCCCCCCCCCCCCCCCCCCCCCCCCCCCCCCCCCCCC)COP(=O)(O)OCC[N+](C)(C)C. The van der Waals surface area contributed by atoms with Crippen molar-refractivity contribution in [3.8, 4) is 0 Å². The number of phosphoric ester groups is 1. The summed E-state index contributed by atoms with van der Waals surface area (Å²) in [5.41, 5.74) is 0. The summed E-state index contributed by atoms with van der Waals surface area (Å²) in [4.78, 5) is 36.1. The van der Waals surface area contributed by atoms with Gasteiger partial charge in [0.15, 0.2) is 6.10 Å². The Kier molecular flexibility index (Phi) is 81.9. The van der Waals surface area contributed by atoms with Crippen molar-refractivity contribution < 1.29 is 42.1 Å². The van der Waals surface area contributed by atoms with Crippen molar-refractivity contribution in [1.29, 1.82) is 0 Å². The summed E-state index contributed by atoms with van der Waals surface area (Å²) in [5.74, 6) is -0.774. The van der Waals surface area contributed by atoms with Gasteiger partial charge in [0, 0.05) is 12.8 Å². The molecule has 0 radical (unpaired) electrons. The van der Waals surface area contributed by atoms with Gasteiger partial charge in [-0.05, 0) is 70.6 Å². The third kappa shape index (κ3) is 88.1. The number of ether oxygens (including phenoxy) is 2. The van der Waals surface area contributed by atoms with E-state index in [-0.39, 0.29) is 25.6 Å². The van der Waals surface area contributed by atoms with E-state index in [4.69, 9.17) is 18.5 Å². The quantitative estimate of drug-likeness (QED) is 0.0211. The lowest BCUT2D eigenvalue weighted by atomic mass is 10.0. The molecule has 1 N–H and O–H groups in total. The van der Waals surface area contributed by atoms with Crippen LogP contribution in [0.5, 0.6) is 0 Å². The van der Waals surface area contributed by atoms with Crippen molar-refractivity contribution in [2.75, 3.05) is 47.5 Å². The number of carbonyl (C=O) groups is 2. The molecule has 0 aliphatic carbocycles. The van der Waals surface area contributed by atoms with E-state index in [0.29, 0.717) is 23.9 Å². The molecule has 0 aromatic heterocycles. The molecule has 608 valence electrons. The Balaban J connectivity index is 3.86. The maximum absolute atomic E-state index is 13.0. The van der Waals surface area contributed by atoms with E-state index in [9.17, 15) is 19.0 Å². The monoisotopic (exact) mass is 1480 g/mol. The van der Waals surface area contributed by atoms with Crippen LogP contribution in [0.3, 0.4) is 0 Å². The molecule has 0 amide bonds. The van der Waals surface area contributed by atoms with Gasteiger partial charge in [-0.3, -0.25) is 18.6 Å². The highest BCUT2D eigenvalue weighted by molar-refractivity contribution is 7.47. The summed E-state index contributed by atoms with van der Waals surface area (Å²) in [6.07, 6.45) is 118. The molecule has 2 unspecified atom stereocenters. The molecule has 0 aromatic rings. The second-order valence-electron chi connectivity index (χ2n) is 32.0. The number of likely N-dealkylation sites (N-methyl/N-ethyl adjacent to an activating group) is 1. The molecular formula is C94H175NO8P+. The Morgan fingerprint density at radius 2 is 0.548 bits per heavy atom. The average Bonchev–Trinajstić information content (AvgIpc) is 0.920. The number of allylic oxidation sites excluding steroid dienone is 14. The Labute approximate surface area is 647 Å². The lowest BCUT2D eigenvalue weighted by molar-refractivity contribution is -0.870. The molecule has 9 nitrogen and oxygen atoms in total. The van der Waals surface area contributed by atoms with Gasteiger partial charge in [-0.15, -0.1) is 0 Å². The molecule has 10 heteroatoms. The number of quaternary nitrogens is 1. The van der Waals surface area contributed by atoms with Crippen LogP contribution in [0.2, 0.25) is 0 Å². The fraction of sp³-hybridized carbons (Fsp3) is 0.830. The first-order valence-electron chi connectivity index (χ1n) is 45.3. The van der Waals surface area contributed by atoms with Gasteiger partial charge in [0.2, 0.25) is 0 Å². The number of unbranched alkanes of at least 4 members (excludes halogenated alkanes) is 57. The molecule has 0 spiro atoms. The minimum atomic E-state index is -4.40. The maximum Gasteiger partial charge on any atom is 0.472 e. The van der Waals surface area contributed by atoms with Crippen molar-refractivity contribution in [1.82, 2.24) is 0 Å². The molecular weight excluding hydrogens is 1300 g/mol. The molecule has 0 rings (SSSR count). The number of esters is 2. The molecule has 0 heterocycles. The van der Waals surface area contributed by atoms with Crippen molar-refractivity contribution >= 4 is 19.8 Å². The maximum atomic E-state index is 13.0. The summed E-state index contributed by atoms with van der Waals surface area (Å²) in [6, 6.07) is 0. The van der Waals surface area contributed by atoms with Crippen molar-refractivity contribution in [2.24, 2.45) is 0 Å². The van der Waals surface area contributed by atoms with Crippen LogP contribution in [0.4, 0.5) is 0 Å². The number of phosphoric acid groups is 1. The highest BCUT2D eigenvalue weighted by atomic mass is 31.2. The fourth-order valence-electron chi connectivity index (χ4n) is 13.6. The Hall–Kier alpha value is -2.81. The van der Waals surface area contributed by atoms with E-state index in [1.165, 1.54) is 340 Å². The topological polar surface area (TPSA) is 108 Å². The highest BCUT2D eigenvalue weighted by Gasteiger charge is 2.27. The third-order valence-electron chi connectivity index (χ3n) is 20.4. The normalized spacial score (nSPS) is 13.3. The van der Waals surface area contributed by atoms with Crippen LogP contribution in [0.1, 0.15) is 450 Å². The molecule has 0 aliphatic heterocycles. The Bertz CT molecular complexity index is 2040. The summed E-state index contributed by atoms with van der Waals surface area (Å²) in [7, 11) is 1.50. The average molecular weight is 1480 g/mol. The minimum Gasteiger partial charge on any atom is -0.462 e. The molecule has 0 bridgehead atoms. The lowest BCUT2D eigenvalue weighted by Gasteiger charge is -2.24. The number of hydrogen-bond donors (Lipinski definition) is 1. The second-order valence-corrected chi connectivity index (χ2v) is 33.4. The molecule has 0 saturated carbocycles. The summed E-state index contributed by atoms with van der Waals surface area (Å²) >= 11 is 0. The minimum absolute atomic E-state index is 0.0332. The largest absolute Gasteiger partial charge is 0.472 e. The van der Waals surface area contributed by atoms with Crippen LogP contribution < -0.4 is 0 Å². The first kappa shape index (κ1) is 101. The number of carbonyl (C=O) groups excluding carboxylic acids is 2. The molecule has 0 aromatic carbocycles. The fourth-order valence-corrected chi connectivity index (χ4v) is 14.3. The smallest absolute Gasteiger partial charge is 0.462 e. The van der Waals surface area contributed by atoms with Crippen LogP contribution in [0.15, 0.2) is 85.1 Å². The van der Waals surface area contributed by atoms with Crippen molar-refractivity contribution in [3.05, 3.63) is 85.1 Å². The van der Waals surface area contributed by atoms with Gasteiger partial charge in [-0.25, -0.2) is 4.57 Å². The second kappa shape index (κ2) is 84.2. The Morgan fingerprint density at radius 3 is 0.817 bits per heavy atom. The first-order valence-corrected chi connectivity index (χ1v) is 46.8. The van der Waals surface area contributed by atoms with Crippen LogP contribution in [-0.2, 0) is 32.7 Å².